The minimum absolute atomic E-state index is 0.0326. The molecule has 2 aromatic rings. The molecule has 0 saturated heterocycles. The molecule has 3 N–H and O–H groups in total. The third-order valence-electron chi connectivity index (χ3n) is 5.83. The molecule has 0 bridgehead atoms. The van der Waals surface area contributed by atoms with E-state index in [0.29, 0.717) is 5.02 Å². The highest BCUT2D eigenvalue weighted by Crippen LogP contribution is 2.29. The third kappa shape index (κ3) is 5.28. The van der Waals surface area contributed by atoms with Crippen LogP contribution in [0.15, 0.2) is 48.5 Å². The minimum atomic E-state index is -0.739. The van der Waals surface area contributed by atoms with Crippen LogP contribution in [-0.4, -0.2) is 17.5 Å². The summed E-state index contributed by atoms with van der Waals surface area (Å²) in [6.45, 7) is 2.05. The molecular weight excluding hydrogens is 391 g/mol. The predicted octanol–water partition coefficient (Wildman–Crippen LogP) is 5.49. The number of carbonyl (C=O) groups excluding carboxylic acids is 1. The van der Waals surface area contributed by atoms with Gasteiger partial charge < -0.3 is 11.1 Å². The minimum Gasteiger partial charge on any atom is -0.351 e. The highest BCUT2D eigenvalue weighted by Gasteiger charge is 2.36. The largest absolute Gasteiger partial charge is 0.351 e. The van der Waals surface area contributed by atoms with E-state index in [1.807, 2.05) is 48.5 Å². The van der Waals surface area contributed by atoms with Gasteiger partial charge in [-0.05, 0) is 61.6 Å². The molecular formula is C23H28Cl2N2O. The Bertz CT molecular complexity index is 783. The number of nitrogens with two attached hydrogens (primary N) is 1. The maximum absolute atomic E-state index is 12.9. The van der Waals surface area contributed by atoms with E-state index in [4.69, 9.17) is 28.9 Å². The van der Waals surface area contributed by atoms with Crippen molar-refractivity contribution >= 4 is 29.1 Å². The van der Waals surface area contributed by atoms with Crippen LogP contribution < -0.4 is 11.1 Å². The van der Waals surface area contributed by atoms with E-state index in [1.165, 1.54) is 5.56 Å². The zero-order chi connectivity index (χ0) is 20.1. The molecule has 1 aliphatic carbocycles. The molecule has 1 saturated carbocycles. The number of carbonyl (C=O) groups is 1. The van der Waals surface area contributed by atoms with Crippen molar-refractivity contribution in [3.8, 4) is 0 Å². The summed E-state index contributed by atoms with van der Waals surface area (Å²) in [4.78, 5) is 12.9. The number of rotatable bonds is 6. The summed E-state index contributed by atoms with van der Waals surface area (Å²) in [5.74, 6) is 0.0735. The Morgan fingerprint density at radius 3 is 2.11 bits per heavy atom. The highest BCUT2D eigenvalue weighted by molar-refractivity contribution is 6.30. The number of halogens is 2. The van der Waals surface area contributed by atoms with E-state index >= 15 is 0 Å². The number of hydrogen-bond donors (Lipinski definition) is 2. The lowest BCUT2D eigenvalue weighted by Gasteiger charge is -2.35. The maximum Gasteiger partial charge on any atom is 0.240 e. The van der Waals surface area contributed by atoms with Gasteiger partial charge in [0.2, 0.25) is 5.91 Å². The molecule has 2 unspecified atom stereocenters. The van der Waals surface area contributed by atoms with Gasteiger partial charge in [0.05, 0.1) is 5.54 Å². The Kier molecular flexibility index (Phi) is 7.03. The van der Waals surface area contributed by atoms with Crippen molar-refractivity contribution in [3.05, 3.63) is 69.7 Å². The summed E-state index contributed by atoms with van der Waals surface area (Å²) in [5.41, 5.74) is 8.01. The average Bonchev–Trinajstić information content (AvgIpc) is 2.69. The van der Waals surface area contributed by atoms with Gasteiger partial charge in [-0.1, -0.05) is 66.7 Å². The van der Waals surface area contributed by atoms with Gasteiger partial charge in [-0.3, -0.25) is 4.79 Å². The van der Waals surface area contributed by atoms with Crippen molar-refractivity contribution in [1.82, 2.24) is 5.32 Å². The van der Waals surface area contributed by atoms with Gasteiger partial charge in [0.1, 0.15) is 0 Å². The van der Waals surface area contributed by atoms with E-state index in [1.54, 1.807) is 0 Å². The summed E-state index contributed by atoms with van der Waals surface area (Å²) < 4.78 is 0. The van der Waals surface area contributed by atoms with Gasteiger partial charge in [-0.25, -0.2) is 0 Å². The fourth-order valence-electron chi connectivity index (χ4n) is 4.03. The van der Waals surface area contributed by atoms with Crippen LogP contribution in [0.3, 0.4) is 0 Å². The molecule has 28 heavy (non-hydrogen) atoms. The van der Waals surface area contributed by atoms with Gasteiger partial charge in [-0.15, -0.1) is 0 Å². The Balaban J connectivity index is 1.79. The van der Waals surface area contributed by atoms with E-state index < -0.39 is 5.54 Å². The Hall–Kier alpha value is -1.55. The summed E-state index contributed by atoms with van der Waals surface area (Å²) in [7, 11) is 0. The normalized spacial score (nSPS) is 18.3. The average molecular weight is 419 g/mol. The second kappa shape index (κ2) is 9.30. The van der Waals surface area contributed by atoms with Crippen LogP contribution in [0.2, 0.25) is 10.0 Å². The van der Waals surface area contributed by atoms with Crippen LogP contribution >= 0.6 is 23.2 Å². The van der Waals surface area contributed by atoms with Crippen molar-refractivity contribution < 1.29 is 4.79 Å². The molecule has 0 radical (unpaired) electrons. The van der Waals surface area contributed by atoms with Gasteiger partial charge in [-0.2, -0.15) is 0 Å². The summed E-state index contributed by atoms with van der Waals surface area (Å²) >= 11 is 12.1. The van der Waals surface area contributed by atoms with E-state index in [-0.39, 0.29) is 17.9 Å². The second-order valence-corrected chi connectivity index (χ2v) is 8.84. The molecule has 3 nitrogen and oxygen atoms in total. The molecule has 0 aliphatic heterocycles. The zero-order valence-electron chi connectivity index (χ0n) is 16.3. The standard InChI is InChI=1S/C23H28Cl2N2O/c1-16(27-22(28)23(26)13-3-2-4-14-23)21(18-7-11-20(25)12-8-18)15-17-5-9-19(24)10-6-17/h5-12,16,21H,2-4,13-15,26H2,1H3,(H,27,28). The summed E-state index contributed by atoms with van der Waals surface area (Å²) in [6.07, 6.45) is 5.50. The quantitative estimate of drug-likeness (QED) is 0.651. The first-order chi connectivity index (χ1) is 13.4. The van der Waals surface area contributed by atoms with Crippen LogP contribution in [0.4, 0.5) is 0 Å². The van der Waals surface area contributed by atoms with E-state index in [9.17, 15) is 4.79 Å². The van der Waals surface area contributed by atoms with Gasteiger partial charge >= 0.3 is 0 Å². The van der Waals surface area contributed by atoms with Crippen LogP contribution in [0, 0.1) is 0 Å². The first kappa shape index (κ1) is 21.2. The molecule has 3 rings (SSSR count). The van der Waals surface area contributed by atoms with Gasteiger partial charge in [0.25, 0.3) is 0 Å². The SMILES string of the molecule is CC(NC(=O)C1(N)CCCCC1)C(Cc1ccc(Cl)cc1)c1ccc(Cl)cc1. The number of hydrogen-bond acceptors (Lipinski definition) is 2. The summed E-state index contributed by atoms with van der Waals surface area (Å²) in [6, 6.07) is 15.7. The number of nitrogens with one attached hydrogen (secondary N) is 1. The molecule has 2 aromatic carbocycles. The first-order valence-electron chi connectivity index (χ1n) is 9.97. The number of benzene rings is 2. The molecule has 150 valence electrons. The van der Waals surface area contributed by atoms with Crippen LogP contribution in [0.5, 0.6) is 0 Å². The van der Waals surface area contributed by atoms with Gasteiger partial charge in [0.15, 0.2) is 0 Å². The lowest BCUT2D eigenvalue weighted by atomic mass is 9.81. The van der Waals surface area contributed by atoms with Crippen molar-refractivity contribution in [2.45, 2.75) is 62.9 Å². The monoisotopic (exact) mass is 418 g/mol. The molecule has 1 amide bonds. The second-order valence-electron chi connectivity index (χ2n) is 7.97. The maximum atomic E-state index is 12.9. The topological polar surface area (TPSA) is 55.1 Å². The van der Waals surface area contributed by atoms with Crippen molar-refractivity contribution in [1.29, 1.82) is 0 Å². The van der Waals surface area contributed by atoms with Crippen molar-refractivity contribution in [2.24, 2.45) is 5.73 Å². The van der Waals surface area contributed by atoms with Crippen LogP contribution in [-0.2, 0) is 11.2 Å². The lowest BCUT2D eigenvalue weighted by Crippen LogP contribution is -2.57. The zero-order valence-corrected chi connectivity index (χ0v) is 17.8. The molecule has 0 heterocycles. The molecule has 2 atom stereocenters. The highest BCUT2D eigenvalue weighted by atomic mass is 35.5. The molecule has 0 spiro atoms. The summed E-state index contributed by atoms with van der Waals surface area (Å²) in [5, 5.41) is 4.63. The lowest BCUT2D eigenvalue weighted by molar-refractivity contribution is -0.128. The first-order valence-corrected chi connectivity index (χ1v) is 10.7. The van der Waals surface area contributed by atoms with Crippen LogP contribution in [0.1, 0.15) is 56.1 Å². The van der Waals surface area contributed by atoms with Gasteiger partial charge in [0, 0.05) is 22.0 Å². The molecule has 5 heteroatoms. The fourth-order valence-corrected chi connectivity index (χ4v) is 4.28. The molecule has 1 aliphatic rings. The fraction of sp³-hybridized carbons (Fsp3) is 0.435. The van der Waals surface area contributed by atoms with E-state index in [2.05, 4.69) is 12.2 Å². The Labute approximate surface area is 177 Å². The van der Waals surface area contributed by atoms with Crippen molar-refractivity contribution in [3.63, 3.8) is 0 Å². The smallest absolute Gasteiger partial charge is 0.240 e. The third-order valence-corrected chi connectivity index (χ3v) is 6.33. The van der Waals surface area contributed by atoms with Crippen molar-refractivity contribution in [2.75, 3.05) is 0 Å². The molecule has 1 fully saturated rings. The predicted molar refractivity (Wildman–Crippen MR) is 117 cm³/mol. The van der Waals surface area contributed by atoms with E-state index in [0.717, 1.165) is 49.1 Å². The van der Waals surface area contributed by atoms with Crippen LogP contribution in [0.25, 0.3) is 0 Å². The molecule has 0 aromatic heterocycles. The number of amides is 1. The Morgan fingerprint density at radius 1 is 1.00 bits per heavy atom. The Morgan fingerprint density at radius 2 is 1.54 bits per heavy atom.